The van der Waals surface area contributed by atoms with Gasteiger partial charge in [0.2, 0.25) is 0 Å². The van der Waals surface area contributed by atoms with E-state index < -0.39 is 6.67 Å². The van der Waals surface area contributed by atoms with E-state index in [0.29, 0.717) is 11.7 Å². The van der Waals surface area contributed by atoms with Crippen LogP contribution >= 0.6 is 0 Å². The molecule has 1 N–H and O–H groups in total. The highest BCUT2D eigenvalue weighted by Crippen LogP contribution is 2.13. The summed E-state index contributed by atoms with van der Waals surface area (Å²) >= 11 is 0. The van der Waals surface area contributed by atoms with Gasteiger partial charge < -0.3 is 9.73 Å². The standard InChI is InChI=1S/C10H16FNO/c1-8(2)7-12-9(6-11)10-4-3-5-13-10/h3-5,8-9,12H,6-7H2,1-2H3. The second kappa shape index (κ2) is 5.02. The van der Waals surface area contributed by atoms with E-state index in [1.165, 1.54) is 0 Å². The van der Waals surface area contributed by atoms with Gasteiger partial charge in [0, 0.05) is 0 Å². The van der Waals surface area contributed by atoms with Crippen LogP contribution < -0.4 is 5.32 Å². The lowest BCUT2D eigenvalue weighted by molar-refractivity contribution is 0.323. The lowest BCUT2D eigenvalue weighted by atomic mass is 10.2. The molecule has 13 heavy (non-hydrogen) atoms. The van der Waals surface area contributed by atoms with Crippen LogP contribution in [0, 0.1) is 5.92 Å². The van der Waals surface area contributed by atoms with E-state index in [2.05, 4.69) is 19.2 Å². The number of hydrogen-bond acceptors (Lipinski definition) is 2. The van der Waals surface area contributed by atoms with Crippen LogP contribution in [0.2, 0.25) is 0 Å². The van der Waals surface area contributed by atoms with Gasteiger partial charge in [0.05, 0.1) is 12.3 Å². The summed E-state index contributed by atoms with van der Waals surface area (Å²) in [7, 11) is 0. The molecular formula is C10H16FNO. The third-order valence-corrected chi connectivity index (χ3v) is 1.81. The van der Waals surface area contributed by atoms with Gasteiger partial charge in [-0.15, -0.1) is 0 Å². The average Bonchev–Trinajstić information content (AvgIpc) is 2.58. The van der Waals surface area contributed by atoms with Crippen LogP contribution in [-0.2, 0) is 0 Å². The SMILES string of the molecule is CC(C)CNC(CF)c1ccco1. The fourth-order valence-corrected chi connectivity index (χ4v) is 1.10. The molecule has 0 fully saturated rings. The van der Waals surface area contributed by atoms with Crippen molar-refractivity contribution in [1.29, 1.82) is 0 Å². The Morgan fingerprint density at radius 3 is 2.77 bits per heavy atom. The van der Waals surface area contributed by atoms with Gasteiger partial charge in [0.1, 0.15) is 12.4 Å². The fraction of sp³-hybridized carbons (Fsp3) is 0.600. The Bertz CT molecular complexity index is 221. The molecule has 2 nitrogen and oxygen atoms in total. The first-order chi connectivity index (χ1) is 6.24. The van der Waals surface area contributed by atoms with E-state index in [1.807, 2.05) is 0 Å². The van der Waals surface area contributed by atoms with Crippen LogP contribution in [0.4, 0.5) is 4.39 Å². The van der Waals surface area contributed by atoms with Crippen molar-refractivity contribution in [3.8, 4) is 0 Å². The van der Waals surface area contributed by atoms with Crippen LogP contribution in [0.15, 0.2) is 22.8 Å². The molecule has 0 aromatic carbocycles. The largest absolute Gasteiger partial charge is 0.468 e. The molecule has 1 atom stereocenters. The summed E-state index contributed by atoms with van der Waals surface area (Å²) in [6, 6.07) is 3.27. The van der Waals surface area contributed by atoms with E-state index in [0.717, 1.165) is 6.54 Å². The molecule has 0 bridgehead atoms. The molecule has 1 unspecified atom stereocenters. The Balaban J connectivity index is 2.44. The first kappa shape index (κ1) is 10.3. The van der Waals surface area contributed by atoms with Gasteiger partial charge in [0.25, 0.3) is 0 Å². The monoisotopic (exact) mass is 185 g/mol. The second-order valence-corrected chi connectivity index (χ2v) is 3.52. The van der Waals surface area contributed by atoms with Crippen LogP contribution in [-0.4, -0.2) is 13.2 Å². The van der Waals surface area contributed by atoms with Crippen molar-refractivity contribution < 1.29 is 8.81 Å². The van der Waals surface area contributed by atoms with Gasteiger partial charge in [-0.1, -0.05) is 13.8 Å². The Hall–Kier alpha value is -0.830. The highest BCUT2D eigenvalue weighted by Gasteiger charge is 2.13. The normalized spacial score (nSPS) is 13.5. The minimum Gasteiger partial charge on any atom is -0.468 e. The van der Waals surface area contributed by atoms with Crippen LogP contribution in [0.1, 0.15) is 25.6 Å². The fourth-order valence-electron chi connectivity index (χ4n) is 1.10. The third-order valence-electron chi connectivity index (χ3n) is 1.81. The van der Waals surface area contributed by atoms with Crippen molar-refractivity contribution in [2.45, 2.75) is 19.9 Å². The van der Waals surface area contributed by atoms with Crippen LogP contribution in [0.3, 0.4) is 0 Å². The van der Waals surface area contributed by atoms with Crippen molar-refractivity contribution in [3.63, 3.8) is 0 Å². The Morgan fingerprint density at radius 2 is 2.31 bits per heavy atom. The molecule has 0 amide bonds. The number of nitrogens with one attached hydrogen (secondary N) is 1. The maximum Gasteiger partial charge on any atom is 0.123 e. The number of rotatable bonds is 5. The summed E-state index contributed by atoms with van der Waals surface area (Å²) in [6.07, 6.45) is 1.56. The van der Waals surface area contributed by atoms with E-state index in [-0.39, 0.29) is 6.04 Å². The lowest BCUT2D eigenvalue weighted by Gasteiger charge is -2.14. The molecule has 0 aliphatic carbocycles. The lowest BCUT2D eigenvalue weighted by Crippen LogP contribution is -2.26. The quantitative estimate of drug-likeness (QED) is 0.762. The summed E-state index contributed by atoms with van der Waals surface area (Å²) in [5.41, 5.74) is 0. The molecule has 74 valence electrons. The average molecular weight is 185 g/mol. The smallest absolute Gasteiger partial charge is 0.123 e. The van der Waals surface area contributed by atoms with Gasteiger partial charge in [-0.3, -0.25) is 0 Å². The predicted octanol–water partition coefficient (Wildman–Crippen LogP) is 2.54. The molecule has 3 heteroatoms. The molecule has 0 spiro atoms. The molecule has 1 aromatic rings. The van der Waals surface area contributed by atoms with E-state index in [1.54, 1.807) is 18.4 Å². The Kier molecular flexibility index (Phi) is 3.96. The van der Waals surface area contributed by atoms with E-state index in [9.17, 15) is 4.39 Å². The van der Waals surface area contributed by atoms with Crippen molar-refractivity contribution in [1.82, 2.24) is 5.32 Å². The highest BCUT2D eigenvalue weighted by molar-refractivity contribution is 5.04. The van der Waals surface area contributed by atoms with Gasteiger partial charge in [-0.05, 0) is 24.6 Å². The summed E-state index contributed by atoms with van der Waals surface area (Å²) in [5, 5.41) is 3.10. The van der Waals surface area contributed by atoms with Crippen molar-refractivity contribution in [2.75, 3.05) is 13.2 Å². The molecule has 1 aromatic heterocycles. The second-order valence-electron chi connectivity index (χ2n) is 3.52. The third kappa shape index (κ3) is 3.19. The van der Waals surface area contributed by atoms with Gasteiger partial charge >= 0.3 is 0 Å². The van der Waals surface area contributed by atoms with Gasteiger partial charge in [-0.25, -0.2) is 4.39 Å². The molecule has 0 saturated heterocycles. The zero-order chi connectivity index (χ0) is 9.68. The zero-order valence-electron chi connectivity index (χ0n) is 8.09. The van der Waals surface area contributed by atoms with Crippen molar-refractivity contribution >= 4 is 0 Å². The Labute approximate surface area is 78.1 Å². The topological polar surface area (TPSA) is 25.2 Å². The first-order valence-corrected chi connectivity index (χ1v) is 4.56. The molecule has 0 aliphatic rings. The zero-order valence-corrected chi connectivity index (χ0v) is 8.09. The summed E-state index contributed by atoms with van der Waals surface area (Å²) in [5.74, 6) is 1.19. The van der Waals surface area contributed by atoms with Gasteiger partial charge in [0.15, 0.2) is 0 Å². The minimum atomic E-state index is -0.430. The summed E-state index contributed by atoms with van der Waals surface area (Å²) in [4.78, 5) is 0. The molecule has 0 aliphatic heterocycles. The molecule has 0 radical (unpaired) electrons. The van der Waals surface area contributed by atoms with Crippen LogP contribution in [0.25, 0.3) is 0 Å². The van der Waals surface area contributed by atoms with E-state index in [4.69, 9.17) is 4.42 Å². The maximum atomic E-state index is 12.5. The maximum absolute atomic E-state index is 12.5. The molecular weight excluding hydrogens is 169 g/mol. The highest BCUT2D eigenvalue weighted by atomic mass is 19.1. The van der Waals surface area contributed by atoms with Crippen molar-refractivity contribution in [2.24, 2.45) is 5.92 Å². The predicted molar refractivity (Wildman–Crippen MR) is 50.3 cm³/mol. The first-order valence-electron chi connectivity index (χ1n) is 4.56. The van der Waals surface area contributed by atoms with Crippen molar-refractivity contribution in [3.05, 3.63) is 24.2 Å². The Morgan fingerprint density at radius 1 is 1.54 bits per heavy atom. The number of furan rings is 1. The minimum absolute atomic E-state index is 0.294. The summed E-state index contributed by atoms with van der Waals surface area (Å²) in [6.45, 7) is 4.55. The van der Waals surface area contributed by atoms with E-state index >= 15 is 0 Å². The van der Waals surface area contributed by atoms with Crippen LogP contribution in [0.5, 0.6) is 0 Å². The molecule has 1 heterocycles. The molecule has 1 rings (SSSR count). The number of alkyl halides is 1. The number of hydrogen-bond donors (Lipinski definition) is 1. The molecule has 0 saturated carbocycles. The summed E-state index contributed by atoms with van der Waals surface area (Å²) < 4.78 is 17.7. The number of halogens is 1. The van der Waals surface area contributed by atoms with Gasteiger partial charge in [-0.2, -0.15) is 0 Å².